The second-order valence-electron chi connectivity index (χ2n) is 3.75. The Bertz CT molecular complexity index is 286. The molecule has 1 atom stereocenters. The molecule has 0 spiro atoms. The van der Waals surface area contributed by atoms with Gasteiger partial charge in [0.1, 0.15) is 0 Å². The predicted molar refractivity (Wildman–Crippen MR) is 67.3 cm³/mol. The second kappa shape index (κ2) is 6.91. The van der Waals surface area contributed by atoms with Gasteiger partial charge in [-0.3, -0.25) is 0 Å². The molecule has 0 fully saturated rings. The molecule has 0 radical (unpaired) electrons. The lowest BCUT2D eigenvalue weighted by atomic mass is 10.0. The molecule has 0 heterocycles. The van der Waals surface area contributed by atoms with E-state index in [1.807, 2.05) is 18.2 Å². The lowest BCUT2D eigenvalue weighted by molar-refractivity contribution is 0.161. The summed E-state index contributed by atoms with van der Waals surface area (Å²) in [6.45, 7) is 2.18. The SMILES string of the molecule is CCCCCC(O)c1ccccc1SC. The van der Waals surface area contributed by atoms with E-state index in [1.165, 1.54) is 17.7 Å². The van der Waals surface area contributed by atoms with Crippen LogP contribution in [-0.4, -0.2) is 11.4 Å². The molecule has 1 rings (SSSR count). The first kappa shape index (κ1) is 12.6. The van der Waals surface area contributed by atoms with Crippen LogP contribution in [0.15, 0.2) is 29.2 Å². The molecular weight excluding hydrogens is 204 g/mol. The van der Waals surface area contributed by atoms with Crippen LogP contribution in [-0.2, 0) is 0 Å². The van der Waals surface area contributed by atoms with E-state index in [0.717, 1.165) is 18.4 Å². The maximum absolute atomic E-state index is 10.0. The number of aliphatic hydroxyl groups is 1. The van der Waals surface area contributed by atoms with Crippen LogP contribution in [0.25, 0.3) is 0 Å². The lowest BCUT2D eigenvalue weighted by Crippen LogP contribution is -1.99. The molecule has 1 unspecified atom stereocenters. The Labute approximate surface area is 96.9 Å². The van der Waals surface area contributed by atoms with Crippen LogP contribution in [0.4, 0.5) is 0 Å². The van der Waals surface area contributed by atoms with Gasteiger partial charge in [0.15, 0.2) is 0 Å². The van der Waals surface area contributed by atoms with Crippen molar-refractivity contribution in [2.75, 3.05) is 6.26 Å². The van der Waals surface area contributed by atoms with Gasteiger partial charge in [-0.2, -0.15) is 0 Å². The molecule has 1 N–H and O–H groups in total. The summed E-state index contributed by atoms with van der Waals surface area (Å²) in [4.78, 5) is 1.20. The van der Waals surface area contributed by atoms with Crippen LogP contribution < -0.4 is 0 Å². The number of rotatable bonds is 6. The highest BCUT2D eigenvalue weighted by atomic mass is 32.2. The third kappa shape index (κ3) is 3.88. The molecule has 0 aromatic heterocycles. The Morgan fingerprint density at radius 3 is 2.67 bits per heavy atom. The number of thioether (sulfide) groups is 1. The zero-order valence-electron chi connectivity index (χ0n) is 9.57. The van der Waals surface area contributed by atoms with Crippen LogP contribution in [0.5, 0.6) is 0 Å². The van der Waals surface area contributed by atoms with Gasteiger partial charge < -0.3 is 5.11 Å². The van der Waals surface area contributed by atoms with Crippen molar-refractivity contribution in [3.05, 3.63) is 29.8 Å². The van der Waals surface area contributed by atoms with E-state index in [1.54, 1.807) is 11.8 Å². The number of aliphatic hydroxyl groups excluding tert-OH is 1. The van der Waals surface area contributed by atoms with Gasteiger partial charge in [0.05, 0.1) is 6.10 Å². The van der Waals surface area contributed by atoms with Gasteiger partial charge in [-0.1, -0.05) is 44.4 Å². The van der Waals surface area contributed by atoms with Crippen LogP contribution >= 0.6 is 11.8 Å². The van der Waals surface area contributed by atoms with Crippen molar-refractivity contribution in [1.29, 1.82) is 0 Å². The Balaban J connectivity index is 2.59. The summed E-state index contributed by atoms with van der Waals surface area (Å²) in [6, 6.07) is 8.12. The fourth-order valence-electron chi connectivity index (χ4n) is 1.68. The number of hydrogen-bond acceptors (Lipinski definition) is 2. The first-order valence-electron chi connectivity index (χ1n) is 5.60. The van der Waals surface area contributed by atoms with E-state index >= 15 is 0 Å². The van der Waals surface area contributed by atoms with E-state index in [-0.39, 0.29) is 6.10 Å². The van der Waals surface area contributed by atoms with Gasteiger partial charge in [0.25, 0.3) is 0 Å². The van der Waals surface area contributed by atoms with Crippen molar-refractivity contribution < 1.29 is 5.11 Å². The molecule has 15 heavy (non-hydrogen) atoms. The van der Waals surface area contributed by atoms with Crippen LogP contribution in [0, 0.1) is 0 Å². The van der Waals surface area contributed by atoms with Gasteiger partial charge in [0.2, 0.25) is 0 Å². The van der Waals surface area contributed by atoms with Crippen LogP contribution in [0.3, 0.4) is 0 Å². The molecule has 0 aliphatic carbocycles. The molecule has 0 bridgehead atoms. The Hall–Kier alpha value is -0.470. The smallest absolute Gasteiger partial charge is 0.0800 e. The molecule has 1 nitrogen and oxygen atoms in total. The summed E-state index contributed by atoms with van der Waals surface area (Å²) in [7, 11) is 0. The Morgan fingerprint density at radius 2 is 2.00 bits per heavy atom. The van der Waals surface area contributed by atoms with Crippen molar-refractivity contribution in [1.82, 2.24) is 0 Å². The van der Waals surface area contributed by atoms with Gasteiger partial charge in [-0.15, -0.1) is 11.8 Å². The highest BCUT2D eigenvalue weighted by Gasteiger charge is 2.10. The van der Waals surface area contributed by atoms with E-state index < -0.39 is 0 Å². The third-order valence-corrected chi connectivity index (χ3v) is 3.39. The molecule has 84 valence electrons. The Kier molecular flexibility index (Phi) is 5.81. The monoisotopic (exact) mass is 224 g/mol. The van der Waals surface area contributed by atoms with Crippen molar-refractivity contribution in [2.45, 2.75) is 43.6 Å². The first-order valence-corrected chi connectivity index (χ1v) is 6.83. The second-order valence-corrected chi connectivity index (χ2v) is 4.60. The van der Waals surface area contributed by atoms with Crippen molar-refractivity contribution >= 4 is 11.8 Å². The summed E-state index contributed by atoms with van der Waals surface area (Å²) in [6.07, 6.45) is 6.17. The average molecular weight is 224 g/mol. The fraction of sp³-hybridized carbons (Fsp3) is 0.538. The molecule has 0 aliphatic heterocycles. The Morgan fingerprint density at radius 1 is 1.27 bits per heavy atom. The largest absolute Gasteiger partial charge is 0.388 e. The van der Waals surface area contributed by atoms with Gasteiger partial charge in [-0.05, 0) is 24.3 Å². The molecular formula is C13H20OS. The molecule has 2 heteroatoms. The van der Waals surface area contributed by atoms with Crippen molar-refractivity contribution in [3.8, 4) is 0 Å². The van der Waals surface area contributed by atoms with E-state index in [4.69, 9.17) is 0 Å². The summed E-state index contributed by atoms with van der Waals surface area (Å²) in [5, 5.41) is 10.0. The van der Waals surface area contributed by atoms with E-state index in [0.29, 0.717) is 0 Å². The molecule has 0 aliphatic rings. The zero-order valence-corrected chi connectivity index (χ0v) is 10.4. The summed E-state index contributed by atoms with van der Waals surface area (Å²) < 4.78 is 0. The average Bonchev–Trinajstić information content (AvgIpc) is 2.29. The number of unbranched alkanes of at least 4 members (excludes halogenated alkanes) is 2. The lowest BCUT2D eigenvalue weighted by Gasteiger charge is -2.13. The minimum absolute atomic E-state index is 0.291. The van der Waals surface area contributed by atoms with Crippen molar-refractivity contribution in [2.24, 2.45) is 0 Å². The topological polar surface area (TPSA) is 20.2 Å². The predicted octanol–water partition coefficient (Wildman–Crippen LogP) is 4.02. The number of hydrogen-bond donors (Lipinski definition) is 1. The highest BCUT2D eigenvalue weighted by Crippen LogP contribution is 2.28. The summed E-state index contributed by atoms with van der Waals surface area (Å²) in [5.41, 5.74) is 1.08. The first-order chi connectivity index (χ1) is 7.29. The molecule has 1 aromatic rings. The zero-order chi connectivity index (χ0) is 11.1. The minimum atomic E-state index is -0.291. The third-order valence-electron chi connectivity index (χ3n) is 2.58. The summed E-state index contributed by atoms with van der Waals surface area (Å²) in [5.74, 6) is 0. The number of benzene rings is 1. The molecule has 0 amide bonds. The highest BCUT2D eigenvalue weighted by molar-refractivity contribution is 7.98. The standard InChI is InChI=1S/C13H20OS/c1-3-4-5-9-12(14)11-8-6-7-10-13(11)15-2/h6-8,10,12,14H,3-5,9H2,1-2H3. The summed E-state index contributed by atoms with van der Waals surface area (Å²) >= 11 is 1.70. The van der Waals surface area contributed by atoms with Gasteiger partial charge in [0, 0.05) is 4.90 Å². The molecule has 1 aromatic carbocycles. The minimum Gasteiger partial charge on any atom is -0.388 e. The van der Waals surface area contributed by atoms with Crippen LogP contribution in [0.1, 0.15) is 44.3 Å². The maximum atomic E-state index is 10.0. The van der Waals surface area contributed by atoms with E-state index in [2.05, 4.69) is 19.2 Å². The normalized spacial score (nSPS) is 12.7. The quantitative estimate of drug-likeness (QED) is 0.581. The van der Waals surface area contributed by atoms with Crippen LogP contribution in [0.2, 0.25) is 0 Å². The van der Waals surface area contributed by atoms with E-state index in [9.17, 15) is 5.11 Å². The van der Waals surface area contributed by atoms with Crippen molar-refractivity contribution in [3.63, 3.8) is 0 Å². The fourth-order valence-corrected chi connectivity index (χ4v) is 2.34. The molecule has 0 saturated heterocycles. The van der Waals surface area contributed by atoms with Gasteiger partial charge >= 0.3 is 0 Å². The van der Waals surface area contributed by atoms with Gasteiger partial charge in [-0.25, -0.2) is 0 Å². The maximum Gasteiger partial charge on any atom is 0.0800 e. The molecule has 0 saturated carbocycles.